The first-order valence-corrected chi connectivity index (χ1v) is 5.84. The molecule has 1 aromatic heterocycles. The Kier molecular flexibility index (Phi) is 2.82. The molecule has 0 spiro atoms. The van der Waals surface area contributed by atoms with Gasteiger partial charge in [-0.15, -0.1) is 0 Å². The van der Waals surface area contributed by atoms with Crippen molar-refractivity contribution in [3.63, 3.8) is 0 Å². The summed E-state index contributed by atoms with van der Waals surface area (Å²) in [5, 5.41) is 2.22. The zero-order valence-electron chi connectivity index (χ0n) is 8.07. The van der Waals surface area contributed by atoms with Gasteiger partial charge < -0.3 is 0 Å². The summed E-state index contributed by atoms with van der Waals surface area (Å²) in [6.07, 6.45) is 1.83. The van der Waals surface area contributed by atoms with Gasteiger partial charge in [-0.1, -0.05) is 35.0 Å². The van der Waals surface area contributed by atoms with E-state index in [-0.39, 0.29) is 0 Å². The standard InChI is InChI=1S/C12H12BrN/c1-9(8-13)10-4-5-12-11(7-10)3-2-6-14-12/h2-7,9H,8H2,1H3. The molecule has 0 saturated carbocycles. The van der Waals surface area contributed by atoms with Crippen LogP contribution >= 0.6 is 15.9 Å². The minimum absolute atomic E-state index is 0.555. The van der Waals surface area contributed by atoms with Crippen molar-refractivity contribution in [2.24, 2.45) is 0 Å². The number of rotatable bonds is 2. The molecule has 0 aliphatic heterocycles. The van der Waals surface area contributed by atoms with Gasteiger partial charge in [-0.3, -0.25) is 4.98 Å². The van der Waals surface area contributed by atoms with Gasteiger partial charge in [0.1, 0.15) is 0 Å². The van der Waals surface area contributed by atoms with Crippen molar-refractivity contribution >= 4 is 26.8 Å². The summed E-state index contributed by atoms with van der Waals surface area (Å²) in [7, 11) is 0. The van der Waals surface area contributed by atoms with Crippen molar-refractivity contribution < 1.29 is 0 Å². The lowest BCUT2D eigenvalue weighted by Gasteiger charge is -2.08. The largest absolute Gasteiger partial charge is 0.256 e. The molecule has 0 aliphatic carbocycles. The molecule has 2 heteroatoms. The second kappa shape index (κ2) is 4.09. The van der Waals surface area contributed by atoms with Crippen molar-refractivity contribution in [3.05, 3.63) is 42.1 Å². The molecule has 0 radical (unpaired) electrons. The van der Waals surface area contributed by atoms with Gasteiger partial charge in [0, 0.05) is 16.9 Å². The van der Waals surface area contributed by atoms with Crippen LogP contribution in [0.2, 0.25) is 0 Å². The number of hydrogen-bond donors (Lipinski definition) is 0. The second-order valence-corrected chi connectivity index (χ2v) is 4.16. The molecule has 0 amide bonds. The molecule has 0 aliphatic rings. The fourth-order valence-electron chi connectivity index (χ4n) is 1.49. The van der Waals surface area contributed by atoms with Crippen LogP contribution in [0.1, 0.15) is 18.4 Å². The summed E-state index contributed by atoms with van der Waals surface area (Å²) in [5.41, 5.74) is 2.43. The third-order valence-electron chi connectivity index (χ3n) is 2.43. The molecular weight excluding hydrogens is 238 g/mol. The molecule has 0 bridgehead atoms. The van der Waals surface area contributed by atoms with Crippen LogP contribution in [-0.4, -0.2) is 10.3 Å². The van der Waals surface area contributed by atoms with Gasteiger partial charge in [0.05, 0.1) is 5.52 Å². The van der Waals surface area contributed by atoms with Crippen LogP contribution in [0.5, 0.6) is 0 Å². The molecule has 72 valence electrons. The highest BCUT2D eigenvalue weighted by atomic mass is 79.9. The van der Waals surface area contributed by atoms with Gasteiger partial charge in [-0.05, 0) is 29.7 Å². The molecule has 2 aromatic rings. The van der Waals surface area contributed by atoms with Crippen LogP contribution < -0.4 is 0 Å². The van der Waals surface area contributed by atoms with Gasteiger partial charge in [0.2, 0.25) is 0 Å². The van der Waals surface area contributed by atoms with E-state index in [2.05, 4.69) is 52.1 Å². The highest BCUT2D eigenvalue weighted by molar-refractivity contribution is 9.09. The number of benzene rings is 1. The first-order valence-electron chi connectivity index (χ1n) is 4.72. The smallest absolute Gasteiger partial charge is 0.0702 e. The predicted molar refractivity (Wildman–Crippen MR) is 64.0 cm³/mol. The van der Waals surface area contributed by atoms with Crippen LogP contribution in [0, 0.1) is 0 Å². The molecule has 2 rings (SSSR count). The van der Waals surface area contributed by atoms with E-state index in [0.717, 1.165) is 10.8 Å². The third-order valence-corrected chi connectivity index (χ3v) is 3.40. The minimum Gasteiger partial charge on any atom is -0.256 e. The van der Waals surface area contributed by atoms with E-state index >= 15 is 0 Å². The lowest BCUT2D eigenvalue weighted by atomic mass is 10.0. The van der Waals surface area contributed by atoms with Gasteiger partial charge >= 0.3 is 0 Å². The molecule has 1 aromatic carbocycles. The molecule has 1 atom stereocenters. The second-order valence-electron chi connectivity index (χ2n) is 3.51. The minimum atomic E-state index is 0.555. The Hall–Kier alpha value is -0.890. The van der Waals surface area contributed by atoms with Crippen molar-refractivity contribution in [3.8, 4) is 0 Å². The van der Waals surface area contributed by atoms with Crippen molar-refractivity contribution in [2.45, 2.75) is 12.8 Å². The zero-order chi connectivity index (χ0) is 9.97. The van der Waals surface area contributed by atoms with E-state index in [1.807, 2.05) is 12.3 Å². The summed E-state index contributed by atoms with van der Waals surface area (Å²) in [5.74, 6) is 0.555. The molecule has 1 unspecified atom stereocenters. The van der Waals surface area contributed by atoms with E-state index in [1.54, 1.807) is 0 Å². The predicted octanol–water partition coefficient (Wildman–Crippen LogP) is 3.73. The number of pyridine rings is 1. The van der Waals surface area contributed by atoms with Gasteiger partial charge in [0.25, 0.3) is 0 Å². The SMILES string of the molecule is CC(CBr)c1ccc2ncccc2c1. The Morgan fingerprint density at radius 2 is 2.21 bits per heavy atom. The topological polar surface area (TPSA) is 12.9 Å². The van der Waals surface area contributed by atoms with Gasteiger partial charge in [-0.2, -0.15) is 0 Å². The summed E-state index contributed by atoms with van der Waals surface area (Å²) in [6, 6.07) is 10.5. The molecule has 0 saturated heterocycles. The Morgan fingerprint density at radius 3 is 3.00 bits per heavy atom. The first-order chi connectivity index (χ1) is 6.81. The summed E-state index contributed by atoms with van der Waals surface area (Å²) in [6.45, 7) is 2.21. The van der Waals surface area contributed by atoms with Crippen LogP contribution in [0.25, 0.3) is 10.9 Å². The maximum absolute atomic E-state index is 4.30. The number of alkyl halides is 1. The van der Waals surface area contributed by atoms with Crippen molar-refractivity contribution in [1.29, 1.82) is 0 Å². The number of fused-ring (bicyclic) bond motifs is 1. The molecule has 0 N–H and O–H groups in total. The molecule has 1 nitrogen and oxygen atoms in total. The first kappa shape index (κ1) is 9.66. The molecule has 1 heterocycles. The molecular formula is C12H12BrN. The highest BCUT2D eigenvalue weighted by Gasteiger charge is 2.03. The van der Waals surface area contributed by atoms with Crippen LogP contribution in [-0.2, 0) is 0 Å². The van der Waals surface area contributed by atoms with E-state index in [9.17, 15) is 0 Å². The fraction of sp³-hybridized carbons (Fsp3) is 0.250. The van der Waals surface area contributed by atoms with E-state index in [4.69, 9.17) is 0 Å². The summed E-state index contributed by atoms with van der Waals surface area (Å²) in [4.78, 5) is 4.30. The number of aromatic nitrogens is 1. The number of nitrogens with zero attached hydrogens (tertiary/aromatic N) is 1. The molecule has 14 heavy (non-hydrogen) atoms. The monoisotopic (exact) mass is 249 g/mol. The fourth-order valence-corrected chi connectivity index (χ4v) is 1.86. The van der Waals surface area contributed by atoms with Crippen LogP contribution in [0.15, 0.2) is 36.5 Å². The normalized spacial score (nSPS) is 13.0. The van der Waals surface area contributed by atoms with Crippen LogP contribution in [0.4, 0.5) is 0 Å². The average molecular weight is 250 g/mol. The van der Waals surface area contributed by atoms with Crippen molar-refractivity contribution in [2.75, 3.05) is 5.33 Å². The lowest BCUT2D eigenvalue weighted by molar-refractivity contribution is 0.890. The maximum Gasteiger partial charge on any atom is 0.0702 e. The third kappa shape index (κ3) is 1.80. The van der Waals surface area contributed by atoms with Crippen LogP contribution in [0.3, 0.4) is 0 Å². The van der Waals surface area contributed by atoms with Gasteiger partial charge in [-0.25, -0.2) is 0 Å². The Balaban J connectivity index is 2.51. The van der Waals surface area contributed by atoms with Gasteiger partial charge in [0.15, 0.2) is 0 Å². The Labute approximate surface area is 92.3 Å². The van der Waals surface area contributed by atoms with Crippen molar-refractivity contribution in [1.82, 2.24) is 4.98 Å². The summed E-state index contributed by atoms with van der Waals surface area (Å²) >= 11 is 3.50. The molecule has 0 fully saturated rings. The summed E-state index contributed by atoms with van der Waals surface area (Å²) < 4.78 is 0. The van der Waals surface area contributed by atoms with E-state index in [1.165, 1.54) is 10.9 Å². The zero-order valence-corrected chi connectivity index (χ0v) is 9.66. The van der Waals surface area contributed by atoms with E-state index in [0.29, 0.717) is 5.92 Å². The lowest BCUT2D eigenvalue weighted by Crippen LogP contribution is -1.93. The highest BCUT2D eigenvalue weighted by Crippen LogP contribution is 2.21. The van der Waals surface area contributed by atoms with E-state index < -0.39 is 0 Å². The Bertz CT molecular complexity index is 439. The number of hydrogen-bond acceptors (Lipinski definition) is 1. The average Bonchev–Trinajstić information content (AvgIpc) is 2.27. The quantitative estimate of drug-likeness (QED) is 0.740. The Morgan fingerprint density at radius 1 is 1.36 bits per heavy atom. The number of halogens is 1. The maximum atomic E-state index is 4.30.